The molecule has 1 amide bonds. The van der Waals surface area contributed by atoms with Gasteiger partial charge in [-0.1, -0.05) is 31.4 Å². The standard InChI is InChI=1S/C21H29N3O2/c25-20(18-6-4-5-17-7-10-22-19(17)18)23-15-21(8-2-1-3-9-21)16-24-11-13-26-14-12-24/h4-7,10,22H,1-3,8-9,11-16H2,(H,23,25). The van der Waals surface area contributed by atoms with Crippen LogP contribution in [0.4, 0.5) is 0 Å². The molecule has 0 radical (unpaired) electrons. The van der Waals surface area contributed by atoms with E-state index in [1.807, 2.05) is 30.5 Å². The van der Waals surface area contributed by atoms with Crippen LogP contribution in [0.25, 0.3) is 10.9 Å². The Balaban J connectivity index is 1.45. The molecule has 2 aliphatic rings. The summed E-state index contributed by atoms with van der Waals surface area (Å²) in [5.74, 6) is 0.0324. The van der Waals surface area contributed by atoms with E-state index in [0.29, 0.717) is 0 Å². The van der Waals surface area contributed by atoms with Gasteiger partial charge in [0.1, 0.15) is 0 Å². The third-order valence-corrected chi connectivity index (χ3v) is 6.03. The summed E-state index contributed by atoms with van der Waals surface area (Å²) in [4.78, 5) is 18.6. The molecule has 0 bridgehead atoms. The van der Waals surface area contributed by atoms with Crippen molar-refractivity contribution in [3.8, 4) is 0 Å². The van der Waals surface area contributed by atoms with Crippen LogP contribution < -0.4 is 5.32 Å². The number of aromatic nitrogens is 1. The maximum atomic E-state index is 12.9. The summed E-state index contributed by atoms with van der Waals surface area (Å²) in [6.45, 7) is 5.52. The highest BCUT2D eigenvalue weighted by Gasteiger charge is 2.34. The number of nitrogens with one attached hydrogen (secondary N) is 2. The Bertz CT molecular complexity index is 743. The maximum Gasteiger partial charge on any atom is 0.253 e. The van der Waals surface area contributed by atoms with Crippen LogP contribution >= 0.6 is 0 Å². The molecule has 4 rings (SSSR count). The van der Waals surface area contributed by atoms with Gasteiger partial charge < -0.3 is 15.0 Å². The van der Waals surface area contributed by atoms with Crippen LogP contribution in [-0.2, 0) is 4.74 Å². The van der Waals surface area contributed by atoms with Crippen LogP contribution in [0.2, 0.25) is 0 Å². The smallest absolute Gasteiger partial charge is 0.253 e. The molecule has 0 spiro atoms. The second kappa shape index (κ2) is 7.80. The number of benzene rings is 1. The molecule has 1 aliphatic carbocycles. The van der Waals surface area contributed by atoms with E-state index in [1.165, 1.54) is 32.1 Å². The summed E-state index contributed by atoms with van der Waals surface area (Å²) in [6, 6.07) is 7.90. The van der Waals surface area contributed by atoms with Crippen molar-refractivity contribution in [3.05, 3.63) is 36.0 Å². The molecule has 1 aromatic heterocycles. The van der Waals surface area contributed by atoms with Crippen LogP contribution in [0.15, 0.2) is 30.5 Å². The van der Waals surface area contributed by atoms with Gasteiger partial charge in [0, 0.05) is 43.2 Å². The summed E-state index contributed by atoms with van der Waals surface area (Å²) in [5.41, 5.74) is 1.87. The van der Waals surface area contributed by atoms with Crippen LogP contribution in [0.1, 0.15) is 42.5 Å². The summed E-state index contributed by atoms with van der Waals surface area (Å²) in [7, 11) is 0. The zero-order valence-electron chi connectivity index (χ0n) is 15.4. The fourth-order valence-electron chi connectivity index (χ4n) is 4.56. The molecule has 1 saturated heterocycles. The average Bonchev–Trinajstić information content (AvgIpc) is 3.16. The van der Waals surface area contributed by atoms with Gasteiger partial charge in [-0.2, -0.15) is 0 Å². The summed E-state index contributed by atoms with van der Waals surface area (Å²) < 4.78 is 5.50. The molecule has 1 saturated carbocycles. The number of nitrogens with zero attached hydrogens (tertiary/aromatic N) is 1. The van der Waals surface area contributed by atoms with Gasteiger partial charge in [0.25, 0.3) is 5.91 Å². The van der Waals surface area contributed by atoms with E-state index in [4.69, 9.17) is 4.74 Å². The number of fused-ring (bicyclic) bond motifs is 1. The largest absolute Gasteiger partial charge is 0.379 e. The number of rotatable bonds is 5. The fourth-order valence-corrected chi connectivity index (χ4v) is 4.56. The second-order valence-corrected chi connectivity index (χ2v) is 7.88. The van der Waals surface area contributed by atoms with E-state index >= 15 is 0 Å². The van der Waals surface area contributed by atoms with Crippen molar-refractivity contribution < 1.29 is 9.53 Å². The minimum Gasteiger partial charge on any atom is -0.379 e. The topological polar surface area (TPSA) is 57.4 Å². The Kier molecular flexibility index (Phi) is 5.27. The Hall–Kier alpha value is -1.85. The fraction of sp³-hybridized carbons (Fsp3) is 0.571. The number of carbonyl (C=O) groups excluding carboxylic acids is 1. The number of carbonyl (C=O) groups is 1. The van der Waals surface area contributed by atoms with Gasteiger partial charge >= 0.3 is 0 Å². The van der Waals surface area contributed by atoms with Gasteiger partial charge in [0.2, 0.25) is 0 Å². The Labute approximate surface area is 155 Å². The SMILES string of the molecule is O=C(NCC1(CN2CCOCC2)CCCCC1)c1cccc2cc[nH]c12. The van der Waals surface area contributed by atoms with Crippen molar-refractivity contribution in [2.45, 2.75) is 32.1 Å². The Morgan fingerprint density at radius 1 is 1.15 bits per heavy atom. The van der Waals surface area contributed by atoms with Crippen molar-refractivity contribution in [1.29, 1.82) is 0 Å². The normalized spacial score (nSPS) is 20.9. The predicted octanol–water partition coefficient (Wildman–Crippen LogP) is 3.18. The zero-order chi connectivity index (χ0) is 17.8. The number of hydrogen-bond acceptors (Lipinski definition) is 3. The molecule has 1 aliphatic heterocycles. The molecule has 1 aromatic carbocycles. The van der Waals surface area contributed by atoms with Crippen LogP contribution in [0.3, 0.4) is 0 Å². The molecular weight excluding hydrogens is 326 g/mol. The lowest BCUT2D eigenvalue weighted by Gasteiger charge is -2.42. The van der Waals surface area contributed by atoms with Crippen molar-refractivity contribution >= 4 is 16.8 Å². The first-order valence-electron chi connectivity index (χ1n) is 9.90. The van der Waals surface area contributed by atoms with Crippen molar-refractivity contribution in [2.75, 3.05) is 39.4 Å². The first-order chi connectivity index (χ1) is 12.8. The Morgan fingerprint density at radius 2 is 1.96 bits per heavy atom. The molecule has 5 nitrogen and oxygen atoms in total. The highest BCUT2D eigenvalue weighted by molar-refractivity contribution is 6.05. The Morgan fingerprint density at radius 3 is 2.77 bits per heavy atom. The van der Waals surface area contributed by atoms with Gasteiger partial charge in [-0.25, -0.2) is 0 Å². The van der Waals surface area contributed by atoms with Crippen LogP contribution in [0, 0.1) is 5.41 Å². The maximum absolute atomic E-state index is 12.9. The number of aromatic amines is 1. The monoisotopic (exact) mass is 355 g/mol. The molecule has 2 N–H and O–H groups in total. The van der Waals surface area contributed by atoms with Crippen LogP contribution in [0.5, 0.6) is 0 Å². The minimum absolute atomic E-state index is 0.0324. The van der Waals surface area contributed by atoms with Crippen LogP contribution in [-0.4, -0.2) is 55.2 Å². The lowest BCUT2D eigenvalue weighted by atomic mass is 9.73. The highest BCUT2D eigenvalue weighted by atomic mass is 16.5. The lowest BCUT2D eigenvalue weighted by molar-refractivity contribution is 0.00728. The first kappa shape index (κ1) is 17.6. The predicted molar refractivity (Wildman–Crippen MR) is 103 cm³/mol. The van der Waals surface area contributed by atoms with Gasteiger partial charge in [0.15, 0.2) is 0 Å². The molecule has 5 heteroatoms. The van der Waals surface area contributed by atoms with Gasteiger partial charge in [0.05, 0.1) is 24.3 Å². The van der Waals surface area contributed by atoms with Crippen molar-refractivity contribution in [3.63, 3.8) is 0 Å². The third kappa shape index (κ3) is 3.79. The molecule has 2 aromatic rings. The van der Waals surface area contributed by atoms with Gasteiger partial charge in [-0.15, -0.1) is 0 Å². The zero-order valence-corrected chi connectivity index (χ0v) is 15.4. The molecule has 0 unspecified atom stereocenters. The van der Waals surface area contributed by atoms with E-state index in [9.17, 15) is 4.79 Å². The van der Waals surface area contributed by atoms with E-state index in [-0.39, 0.29) is 11.3 Å². The van der Waals surface area contributed by atoms with Gasteiger partial charge in [-0.3, -0.25) is 9.69 Å². The molecule has 0 atom stereocenters. The second-order valence-electron chi connectivity index (χ2n) is 7.88. The summed E-state index contributed by atoms with van der Waals surface area (Å²) in [6.07, 6.45) is 8.16. The van der Waals surface area contributed by atoms with Crippen molar-refractivity contribution in [2.24, 2.45) is 5.41 Å². The summed E-state index contributed by atoms with van der Waals surface area (Å²) >= 11 is 0. The molecule has 2 fully saturated rings. The third-order valence-electron chi connectivity index (χ3n) is 6.03. The highest BCUT2D eigenvalue weighted by Crippen LogP contribution is 2.37. The number of ether oxygens (including phenoxy) is 1. The van der Waals surface area contributed by atoms with E-state index in [0.717, 1.165) is 55.9 Å². The first-order valence-corrected chi connectivity index (χ1v) is 9.90. The molecular formula is C21H29N3O2. The van der Waals surface area contributed by atoms with E-state index < -0.39 is 0 Å². The number of hydrogen-bond donors (Lipinski definition) is 2. The van der Waals surface area contributed by atoms with Gasteiger partial charge in [-0.05, 0) is 25.0 Å². The number of para-hydroxylation sites is 1. The van der Waals surface area contributed by atoms with E-state index in [2.05, 4.69) is 15.2 Å². The number of amides is 1. The average molecular weight is 355 g/mol. The van der Waals surface area contributed by atoms with E-state index in [1.54, 1.807) is 0 Å². The number of morpholine rings is 1. The minimum atomic E-state index is 0.0324. The lowest BCUT2D eigenvalue weighted by Crippen LogP contribution is -2.49. The molecule has 2 heterocycles. The molecule has 140 valence electrons. The summed E-state index contributed by atoms with van der Waals surface area (Å²) in [5, 5.41) is 4.35. The number of H-pyrrole nitrogens is 1. The quantitative estimate of drug-likeness (QED) is 0.866. The molecule has 26 heavy (non-hydrogen) atoms. The van der Waals surface area contributed by atoms with Crippen molar-refractivity contribution in [1.82, 2.24) is 15.2 Å².